The Kier molecular flexibility index (Phi) is 10.2. The number of aromatic nitrogens is 1. The smallest absolute Gasteiger partial charge is 0.322 e. The van der Waals surface area contributed by atoms with Crippen molar-refractivity contribution in [3.05, 3.63) is 36.0 Å². The second kappa shape index (κ2) is 12.8. The molecule has 0 saturated carbocycles. The number of nitrogens with two attached hydrogens (primary N) is 1. The molecule has 33 heavy (non-hydrogen) atoms. The van der Waals surface area contributed by atoms with E-state index in [2.05, 4.69) is 20.9 Å². The summed E-state index contributed by atoms with van der Waals surface area (Å²) in [6.45, 7) is -1.17. The molecule has 12 heteroatoms. The fraction of sp³-hybridized carbons (Fsp3) is 0.429. The Morgan fingerprint density at radius 2 is 1.79 bits per heavy atom. The van der Waals surface area contributed by atoms with Crippen LogP contribution < -0.4 is 21.7 Å². The van der Waals surface area contributed by atoms with E-state index < -0.39 is 55.0 Å². The summed E-state index contributed by atoms with van der Waals surface area (Å²) in [5.74, 6) is -2.64. The van der Waals surface area contributed by atoms with Crippen molar-refractivity contribution >= 4 is 46.4 Å². The van der Waals surface area contributed by atoms with Gasteiger partial charge in [0, 0.05) is 23.5 Å². The van der Waals surface area contributed by atoms with Crippen LogP contribution in [0.5, 0.6) is 0 Å². The lowest BCUT2D eigenvalue weighted by atomic mass is 10.0. The number of carbonyl (C=O) groups is 4. The first-order valence-electron chi connectivity index (χ1n) is 10.3. The number of rotatable bonds is 13. The van der Waals surface area contributed by atoms with Crippen molar-refractivity contribution in [2.45, 2.75) is 31.0 Å². The van der Waals surface area contributed by atoms with Crippen LogP contribution in [0.3, 0.4) is 0 Å². The van der Waals surface area contributed by atoms with Gasteiger partial charge in [-0.05, 0) is 30.1 Å². The quantitative estimate of drug-likeness (QED) is 0.190. The van der Waals surface area contributed by atoms with E-state index in [1.54, 1.807) is 6.20 Å². The minimum atomic E-state index is -1.21. The summed E-state index contributed by atoms with van der Waals surface area (Å²) in [5.41, 5.74) is 7.21. The number of carbonyl (C=O) groups excluding carboxylic acids is 3. The van der Waals surface area contributed by atoms with Crippen molar-refractivity contribution in [1.82, 2.24) is 20.9 Å². The second-order valence-electron chi connectivity index (χ2n) is 7.37. The number of thioether (sulfide) groups is 1. The van der Waals surface area contributed by atoms with Crippen molar-refractivity contribution in [3.63, 3.8) is 0 Å². The molecule has 0 bridgehead atoms. The lowest BCUT2D eigenvalue weighted by molar-refractivity contribution is -0.138. The number of aliphatic hydroxyl groups excluding tert-OH is 1. The third-order valence-electron chi connectivity index (χ3n) is 4.92. The number of hydrogen-bond acceptors (Lipinski definition) is 7. The largest absolute Gasteiger partial charge is 0.480 e. The molecule has 1 heterocycles. The number of aromatic amines is 1. The van der Waals surface area contributed by atoms with Gasteiger partial charge in [-0.15, -0.1) is 0 Å². The minimum Gasteiger partial charge on any atom is -0.480 e. The lowest BCUT2D eigenvalue weighted by Crippen LogP contribution is -2.57. The number of aliphatic carboxylic acids is 1. The van der Waals surface area contributed by atoms with Gasteiger partial charge in [0.2, 0.25) is 17.7 Å². The third kappa shape index (κ3) is 7.77. The zero-order valence-corrected chi connectivity index (χ0v) is 19.0. The summed E-state index contributed by atoms with van der Waals surface area (Å²) in [6, 6.07) is 4.17. The van der Waals surface area contributed by atoms with Gasteiger partial charge in [0.05, 0.1) is 6.61 Å². The SMILES string of the molecule is CSCCC(NC(=O)C(Cc1c[nH]c2ccccc12)NC(=O)C(N)CO)C(=O)NCC(=O)O. The molecule has 2 rings (SSSR count). The van der Waals surface area contributed by atoms with Crippen molar-refractivity contribution in [1.29, 1.82) is 0 Å². The van der Waals surface area contributed by atoms with E-state index in [1.807, 2.05) is 30.5 Å². The van der Waals surface area contributed by atoms with E-state index in [-0.39, 0.29) is 12.8 Å². The molecule has 2 aromatic rings. The Hall–Kier alpha value is -3.09. The van der Waals surface area contributed by atoms with Gasteiger partial charge in [-0.1, -0.05) is 18.2 Å². The highest BCUT2D eigenvalue weighted by Crippen LogP contribution is 2.19. The second-order valence-corrected chi connectivity index (χ2v) is 8.35. The maximum absolute atomic E-state index is 13.1. The Morgan fingerprint density at radius 3 is 2.45 bits per heavy atom. The molecule has 0 aliphatic heterocycles. The van der Waals surface area contributed by atoms with Crippen molar-refractivity contribution in [2.24, 2.45) is 5.73 Å². The molecule has 0 spiro atoms. The van der Waals surface area contributed by atoms with E-state index in [0.29, 0.717) is 5.75 Å². The molecule has 0 aliphatic carbocycles. The number of amides is 3. The maximum atomic E-state index is 13.1. The van der Waals surface area contributed by atoms with Crippen LogP contribution in [-0.2, 0) is 25.6 Å². The highest BCUT2D eigenvalue weighted by Gasteiger charge is 2.29. The van der Waals surface area contributed by atoms with Crippen LogP contribution in [0.4, 0.5) is 0 Å². The molecule has 1 aromatic heterocycles. The van der Waals surface area contributed by atoms with Crippen LogP contribution in [-0.4, -0.2) is 82.2 Å². The Bertz CT molecular complexity index is 981. The predicted octanol–water partition coefficient (Wildman–Crippen LogP) is -1.05. The first kappa shape index (κ1) is 26.2. The predicted molar refractivity (Wildman–Crippen MR) is 125 cm³/mol. The number of nitrogens with one attached hydrogen (secondary N) is 4. The monoisotopic (exact) mass is 479 g/mol. The van der Waals surface area contributed by atoms with Crippen LogP contribution in [0, 0.1) is 0 Å². The Morgan fingerprint density at radius 1 is 1.09 bits per heavy atom. The number of benzene rings is 1. The zero-order valence-electron chi connectivity index (χ0n) is 18.2. The molecule has 0 saturated heterocycles. The molecule has 1 aromatic carbocycles. The fourth-order valence-corrected chi connectivity index (χ4v) is 3.63. The van der Waals surface area contributed by atoms with Gasteiger partial charge >= 0.3 is 5.97 Å². The molecule has 3 unspecified atom stereocenters. The van der Waals surface area contributed by atoms with Gasteiger partial charge in [0.1, 0.15) is 24.7 Å². The number of carboxylic acids is 1. The molecule has 0 radical (unpaired) electrons. The minimum absolute atomic E-state index is 0.103. The van der Waals surface area contributed by atoms with Crippen molar-refractivity contribution in [3.8, 4) is 0 Å². The number of aliphatic hydroxyl groups is 1. The molecular formula is C21H29N5O6S. The first-order chi connectivity index (χ1) is 15.8. The molecular weight excluding hydrogens is 450 g/mol. The first-order valence-corrected chi connectivity index (χ1v) is 11.7. The molecule has 0 aliphatic rings. The summed E-state index contributed by atoms with van der Waals surface area (Å²) >= 11 is 1.46. The summed E-state index contributed by atoms with van der Waals surface area (Å²) in [6.07, 6.45) is 3.94. The number of fused-ring (bicyclic) bond motifs is 1. The van der Waals surface area contributed by atoms with E-state index >= 15 is 0 Å². The number of H-pyrrole nitrogens is 1. The molecule has 180 valence electrons. The summed E-state index contributed by atoms with van der Waals surface area (Å²) in [4.78, 5) is 51.8. The normalized spacial score (nSPS) is 13.7. The Balaban J connectivity index is 2.23. The van der Waals surface area contributed by atoms with Gasteiger partial charge in [0.25, 0.3) is 0 Å². The summed E-state index contributed by atoms with van der Waals surface area (Å²) < 4.78 is 0. The van der Waals surface area contributed by atoms with E-state index in [0.717, 1.165) is 16.5 Å². The molecule has 8 N–H and O–H groups in total. The van der Waals surface area contributed by atoms with Crippen molar-refractivity contribution < 1.29 is 29.4 Å². The zero-order chi connectivity index (χ0) is 24.4. The summed E-state index contributed by atoms with van der Waals surface area (Å²) in [7, 11) is 0. The van der Waals surface area contributed by atoms with E-state index in [4.69, 9.17) is 10.8 Å². The van der Waals surface area contributed by atoms with Crippen LogP contribution in [0.15, 0.2) is 30.5 Å². The third-order valence-corrected chi connectivity index (χ3v) is 5.57. The molecule has 11 nitrogen and oxygen atoms in total. The van der Waals surface area contributed by atoms with Crippen LogP contribution >= 0.6 is 11.8 Å². The highest BCUT2D eigenvalue weighted by atomic mass is 32.2. The number of carboxylic acid groups (broad SMARTS) is 1. The average Bonchev–Trinajstić information content (AvgIpc) is 3.21. The molecule has 3 atom stereocenters. The molecule has 0 fully saturated rings. The fourth-order valence-electron chi connectivity index (χ4n) is 3.15. The summed E-state index contributed by atoms with van der Waals surface area (Å²) in [5, 5.41) is 26.3. The van der Waals surface area contributed by atoms with Crippen LogP contribution in [0.25, 0.3) is 10.9 Å². The van der Waals surface area contributed by atoms with Crippen molar-refractivity contribution in [2.75, 3.05) is 25.2 Å². The van der Waals surface area contributed by atoms with Crippen LogP contribution in [0.2, 0.25) is 0 Å². The number of hydrogen-bond donors (Lipinski definition) is 7. The van der Waals surface area contributed by atoms with Gasteiger partial charge in [-0.25, -0.2) is 0 Å². The standard InChI is InChI=1S/C21H29N5O6S/c1-33-7-6-16(20(31)24-10-18(28)29)25-21(32)17(26-19(30)14(22)11-27)8-12-9-23-15-5-3-2-4-13(12)15/h2-5,9,14,16-17,23,27H,6-8,10-11,22H2,1H3,(H,24,31)(H,25,32)(H,26,30)(H,28,29). The van der Waals surface area contributed by atoms with Gasteiger partial charge in [0.15, 0.2) is 0 Å². The Labute approximate surface area is 194 Å². The van der Waals surface area contributed by atoms with E-state index in [1.165, 1.54) is 11.8 Å². The van der Waals surface area contributed by atoms with Gasteiger partial charge < -0.3 is 36.9 Å². The average molecular weight is 480 g/mol. The maximum Gasteiger partial charge on any atom is 0.322 e. The topological polar surface area (TPSA) is 187 Å². The van der Waals surface area contributed by atoms with Gasteiger partial charge in [-0.2, -0.15) is 11.8 Å². The van der Waals surface area contributed by atoms with Crippen LogP contribution in [0.1, 0.15) is 12.0 Å². The highest BCUT2D eigenvalue weighted by molar-refractivity contribution is 7.98. The van der Waals surface area contributed by atoms with Gasteiger partial charge in [-0.3, -0.25) is 19.2 Å². The molecule has 3 amide bonds. The number of para-hydroxylation sites is 1. The lowest BCUT2D eigenvalue weighted by Gasteiger charge is -2.24. The van der Waals surface area contributed by atoms with E-state index in [9.17, 15) is 24.3 Å².